The lowest BCUT2D eigenvalue weighted by atomic mass is 10.1. The van der Waals surface area contributed by atoms with Gasteiger partial charge in [-0.3, -0.25) is 4.79 Å². The van der Waals surface area contributed by atoms with Crippen molar-refractivity contribution in [2.24, 2.45) is 0 Å². The molecule has 2 aromatic rings. The Hall–Kier alpha value is -2.80. The number of nitrogens with zero attached hydrogens (tertiary/aromatic N) is 1. The van der Waals surface area contributed by atoms with Crippen molar-refractivity contribution in [1.29, 1.82) is 0 Å². The standard InChI is InChI=1S/C17H16FNO5/c1-3-23-17(22)15-12(9-20)6-7-19-16(15)24-14-5-4-11(10(2)21)8-13(14)18/h4-10,21H,3H2,1-2H3. The van der Waals surface area contributed by atoms with Crippen molar-refractivity contribution >= 4 is 12.3 Å². The minimum atomic E-state index is -0.833. The van der Waals surface area contributed by atoms with Crippen molar-refractivity contribution in [3.05, 3.63) is 53.0 Å². The van der Waals surface area contributed by atoms with E-state index < -0.39 is 17.9 Å². The summed E-state index contributed by atoms with van der Waals surface area (Å²) in [5.74, 6) is -1.95. The van der Waals surface area contributed by atoms with Crippen molar-refractivity contribution in [3.8, 4) is 11.6 Å². The highest BCUT2D eigenvalue weighted by Gasteiger charge is 2.21. The van der Waals surface area contributed by atoms with Gasteiger partial charge >= 0.3 is 5.97 Å². The zero-order chi connectivity index (χ0) is 17.7. The first-order valence-electron chi connectivity index (χ1n) is 7.24. The predicted molar refractivity (Wildman–Crippen MR) is 82.7 cm³/mol. The third-order valence-corrected chi connectivity index (χ3v) is 3.20. The molecule has 0 saturated heterocycles. The Morgan fingerprint density at radius 2 is 2.17 bits per heavy atom. The molecule has 2 rings (SSSR count). The van der Waals surface area contributed by atoms with Crippen LogP contribution in [0.2, 0.25) is 0 Å². The fourth-order valence-corrected chi connectivity index (χ4v) is 2.00. The molecule has 0 aliphatic carbocycles. The van der Waals surface area contributed by atoms with E-state index in [0.717, 1.165) is 6.07 Å². The van der Waals surface area contributed by atoms with Crippen LogP contribution in [0.1, 0.15) is 46.2 Å². The van der Waals surface area contributed by atoms with E-state index in [4.69, 9.17) is 9.47 Å². The smallest absolute Gasteiger partial charge is 0.344 e. The number of esters is 1. The van der Waals surface area contributed by atoms with Crippen LogP contribution in [0.4, 0.5) is 4.39 Å². The molecule has 1 aromatic heterocycles. The molecule has 1 unspecified atom stereocenters. The summed E-state index contributed by atoms with van der Waals surface area (Å²) in [5.41, 5.74) is 0.230. The molecule has 0 amide bonds. The highest BCUT2D eigenvalue weighted by Crippen LogP contribution is 2.29. The third-order valence-electron chi connectivity index (χ3n) is 3.20. The second-order valence-corrected chi connectivity index (χ2v) is 4.89. The van der Waals surface area contributed by atoms with Crippen LogP contribution in [0.15, 0.2) is 30.5 Å². The number of carbonyl (C=O) groups excluding carboxylic acids is 2. The molecule has 1 aromatic carbocycles. The number of benzene rings is 1. The molecule has 1 heterocycles. The summed E-state index contributed by atoms with van der Waals surface area (Å²) < 4.78 is 24.4. The zero-order valence-corrected chi connectivity index (χ0v) is 13.2. The van der Waals surface area contributed by atoms with Crippen LogP contribution in [0, 0.1) is 5.82 Å². The van der Waals surface area contributed by atoms with Gasteiger partial charge in [-0.25, -0.2) is 14.2 Å². The number of aliphatic hydroxyl groups is 1. The number of hydrogen-bond acceptors (Lipinski definition) is 6. The molecule has 1 N–H and O–H groups in total. The molecule has 7 heteroatoms. The molecule has 24 heavy (non-hydrogen) atoms. The molecule has 0 bridgehead atoms. The van der Waals surface area contributed by atoms with Gasteiger partial charge in [0.05, 0.1) is 12.7 Å². The van der Waals surface area contributed by atoms with Crippen LogP contribution in [0.5, 0.6) is 11.6 Å². The monoisotopic (exact) mass is 333 g/mol. The number of rotatable bonds is 6. The van der Waals surface area contributed by atoms with E-state index in [0.29, 0.717) is 11.8 Å². The lowest BCUT2D eigenvalue weighted by Crippen LogP contribution is -2.11. The number of aliphatic hydroxyl groups excluding tert-OH is 1. The van der Waals surface area contributed by atoms with Gasteiger partial charge < -0.3 is 14.6 Å². The Labute approximate surface area is 137 Å². The number of pyridine rings is 1. The first-order valence-corrected chi connectivity index (χ1v) is 7.24. The minimum Gasteiger partial charge on any atom is -0.462 e. The first kappa shape index (κ1) is 17.6. The molecule has 0 aliphatic rings. The van der Waals surface area contributed by atoms with Gasteiger partial charge in [-0.15, -0.1) is 0 Å². The lowest BCUT2D eigenvalue weighted by molar-refractivity contribution is 0.0520. The second-order valence-electron chi connectivity index (χ2n) is 4.89. The summed E-state index contributed by atoms with van der Waals surface area (Å²) in [4.78, 5) is 27.1. The van der Waals surface area contributed by atoms with Crippen molar-refractivity contribution in [2.45, 2.75) is 20.0 Å². The quantitative estimate of drug-likeness (QED) is 0.646. The van der Waals surface area contributed by atoms with Gasteiger partial charge in [0.15, 0.2) is 17.9 Å². The van der Waals surface area contributed by atoms with Crippen LogP contribution >= 0.6 is 0 Å². The largest absolute Gasteiger partial charge is 0.462 e. The maximum atomic E-state index is 14.1. The van der Waals surface area contributed by atoms with Crippen LogP contribution in [0.25, 0.3) is 0 Å². The molecule has 0 radical (unpaired) electrons. The van der Waals surface area contributed by atoms with E-state index in [1.807, 2.05) is 0 Å². The molecule has 0 spiro atoms. The number of halogens is 1. The van der Waals surface area contributed by atoms with E-state index in [1.54, 1.807) is 6.92 Å². The predicted octanol–water partition coefficient (Wildman–Crippen LogP) is 3.06. The van der Waals surface area contributed by atoms with Gasteiger partial charge in [-0.05, 0) is 37.6 Å². The second kappa shape index (κ2) is 7.65. The Kier molecular flexibility index (Phi) is 5.59. The summed E-state index contributed by atoms with van der Waals surface area (Å²) >= 11 is 0. The molecular weight excluding hydrogens is 317 g/mol. The fourth-order valence-electron chi connectivity index (χ4n) is 2.00. The summed E-state index contributed by atoms with van der Waals surface area (Å²) in [6.07, 6.45) is 0.900. The zero-order valence-electron chi connectivity index (χ0n) is 13.2. The summed E-state index contributed by atoms with van der Waals surface area (Å²) in [5, 5.41) is 9.45. The Morgan fingerprint density at radius 3 is 2.75 bits per heavy atom. The van der Waals surface area contributed by atoms with Gasteiger partial charge in [-0.2, -0.15) is 0 Å². The summed E-state index contributed by atoms with van der Waals surface area (Å²) in [6.45, 7) is 3.22. The number of carbonyl (C=O) groups is 2. The van der Waals surface area contributed by atoms with Crippen LogP contribution in [-0.4, -0.2) is 29.0 Å². The molecule has 0 aliphatic heterocycles. The molecular formula is C17H16FNO5. The van der Waals surface area contributed by atoms with Gasteiger partial charge in [0, 0.05) is 11.8 Å². The van der Waals surface area contributed by atoms with Gasteiger partial charge in [0.25, 0.3) is 0 Å². The third kappa shape index (κ3) is 3.75. The van der Waals surface area contributed by atoms with Crippen LogP contribution < -0.4 is 4.74 Å². The first-order chi connectivity index (χ1) is 11.5. The van der Waals surface area contributed by atoms with Crippen molar-refractivity contribution in [3.63, 3.8) is 0 Å². The van der Waals surface area contributed by atoms with Gasteiger partial charge in [-0.1, -0.05) is 6.07 Å². The fraction of sp³-hybridized carbons (Fsp3) is 0.235. The maximum absolute atomic E-state index is 14.1. The number of hydrogen-bond donors (Lipinski definition) is 1. The van der Waals surface area contributed by atoms with Crippen LogP contribution in [0.3, 0.4) is 0 Å². The SMILES string of the molecule is CCOC(=O)c1c(C=O)ccnc1Oc1ccc(C(C)O)cc1F. The van der Waals surface area contributed by atoms with Crippen molar-refractivity contribution in [2.75, 3.05) is 6.61 Å². The molecule has 126 valence electrons. The average molecular weight is 333 g/mol. The van der Waals surface area contributed by atoms with Crippen LogP contribution in [-0.2, 0) is 4.74 Å². The van der Waals surface area contributed by atoms with Gasteiger partial charge in [0.1, 0.15) is 5.56 Å². The number of aldehydes is 1. The number of ether oxygens (including phenoxy) is 2. The maximum Gasteiger partial charge on any atom is 0.344 e. The Balaban J connectivity index is 2.43. The highest BCUT2D eigenvalue weighted by molar-refractivity contribution is 6.00. The normalized spacial score (nSPS) is 11.7. The van der Waals surface area contributed by atoms with E-state index in [9.17, 15) is 19.1 Å². The Morgan fingerprint density at radius 1 is 1.42 bits per heavy atom. The molecule has 6 nitrogen and oxygen atoms in total. The van der Waals surface area contributed by atoms with Crippen molar-refractivity contribution in [1.82, 2.24) is 4.98 Å². The Bertz CT molecular complexity index is 761. The molecule has 1 atom stereocenters. The highest BCUT2D eigenvalue weighted by atomic mass is 19.1. The summed E-state index contributed by atoms with van der Waals surface area (Å²) in [7, 11) is 0. The topological polar surface area (TPSA) is 85.7 Å². The lowest BCUT2D eigenvalue weighted by Gasteiger charge is -2.12. The van der Waals surface area contributed by atoms with Crippen molar-refractivity contribution < 1.29 is 28.6 Å². The van der Waals surface area contributed by atoms with E-state index in [-0.39, 0.29) is 29.4 Å². The molecule has 0 saturated carbocycles. The molecule has 0 fully saturated rings. The van der Waals surface area contributed by atoms with Gasteiger partial charge in [0.2, 0.25) is 5.88 Å². The van der Waals surface area contributed by atoms with E-state index >= 15 is 0 Å². The van der Waals surface area contributed by atoms with E-state index in [1.165, 1.54) is 31.3 Å². The summed E-state index contributed by atoms with van der Waals surface area (Å²) in [6, 6.07) is 5.24. The number of aromatic nitrogens is 1. The average Bonchev–Trinajstić information content (AvgIpc) is 2.56. The minimum absolute atomic E-state index is 0.0273. The van der Waals surface area contributed by atoms with E-state index in [2.05, 4.69) is 4.98 Å².